The van der Waals surface area contributed by atoms with Crippen LogP contribution in [0.1, 0.15) is 35.9 Å². The van der Waals surface area contributed by atoms with Gasteiger partial charge in [0.2, 0.25) is 0 Å². The number of amides is 1. The molecule has 1 saturated heterocycles. The summed E-state index contributed by atoms with van der Waals surface area (Å²) in [5.74, 6) is 0.157. The zero-order valence-electron chi connectivity index (χ0n) is 11.6. The van der Waals surface area contributed by atoms with Crippen LogP contribution in [0.3, 0.4) is 0 Å². The molecular formula is C14H21BrN2OS. The van der Waals surface area contributed by atoms with Gasteiger partial charge in [0.25, 0.3) is 5.91 Å². The fourth-order valence-electron chi connectivity index (χ4n) is 2.62. The third kappa shape index (κ3) is 3.80. The normalized spacial score (nSPS) is 17.6. The lowest BCUT2D eigenvalue weighted by Crippen LogP contribution is -2.45. The molecule has 0 unspecified atom stereocenters. The predicted molar refractivity (Wildman–Crippen MR) is 83.9 cm³/mol. The van der Waals surface area contributed by atoms with E-state index >= 15 is 0 Å². The number of carbonyl (C=O) groups is 1. The van der Waals surface area contributed by atoms with Gasteiger partial charge in [-0.05, 0) is 53.9 Å². The summed E-state index contributed by atoms with van der Waals surface area (Å²) in [6, 6.07) is 4.23. The molecule has 0 saturated carbocycles. The SMILES string of the molecule is CCCN1CCC(N(C)C(=O)c2ccc(Br)s2)CC1. The lowest BCUT2D eigenvalue weighted by Gasteiger charge is -2.36. The van der Waals surface area contributed by atoms with E-state index in [9.17, 15) is 4.79 Å². The molecule has 2 rings (SSSR count). The molecule has 5 heteroatoms. The number of halogens is 1. The number of hydrogen-bond donors (Lipinski definition) is 0. The van der Waals surface area contributed by atoms with Gasteiger partial charge in [0.15, 0.2) is 0 Å². The van der Waals surface area contributed by atoms with Crippen molar-refractivity contribution in [2.75, 3.05) is 26.7 Å². The van der Waals surface area contributed by atoms with E-state index in [2.05, 4.69) is 27.8 Å². The van der Waals surface area contributed by atoms with E-state index in [1.807, 2.05) is 24.1 Å². The van der Waals surface area contributed by atoms with Gasteiger partial charge in [-0.3, -0.25) is 4.79 Å². The van der Waals surface area contributed by atoms with Gasteiger partial charge in [-0.1, -0.05) is 6.92 Å². The van der Waals surface area contributed by atoms with Crippen LogP contribution in [0.5, 0.6) is 0 Å². The van der Waals surface area contributed by atoms with Gasteiger partial charge < -0.3 is 9.80 Å². The zero-order valence-corrected chi connectivity index (χ0v) is 14.0. The van der Waals surface area contributed by atoms with Crippen molar-refractivity contribution in [1.29, 1.82) is 0 Å². The van der Waals surface area contributed by atoms with Crippen LogP contribution in [-0.2, 0) is 0 Å². The molecule has 1 aliphatic heterocycles. The minimum absolute atomic E-state index is 0.157. The number of carbonyl (C=O) groups excluding carboxylic acids is 1. The van der Waals surface area contributed by atoms with Crippen molar-refractivity contribution in [3.63, 3.8) is 0 Å². The van der Waals surface area contributed by atoms with E-state index in [1.165, 1.54) is 24.3 Å². The molecule has 1 fully saturated rings. The fraction of sp³-hybridized carbons (Fsp3) is 0.643. The molecule has 0 aromatic carbocycles. The van der Waals surface area contributed by atoms with Crippen LogP contribution in [0.2, 0.25) is 0 Å². The first-order valence-electron chi connectivity index (χ1n) is 6.86. The smallest absolute Gasteiger partial charge is 0.263 e. The van der Waals surface area contributed by atoms with Gasteiger partial charge in [-0.2, -0.15) is 0 Å². The van der Waals surface area contributed by atoms with Crippen molar-refractivity contribution < 1.29 is 4.79 Å². The molecule has 0 spiro atoms. The minimum Gasteiger partial charge on any atom is -0.338 e. The Morgan fingerprint density at radius 2 is 2.16 bits per heavy atom. The molecule has 0 bridgehead atoms. The van der Waals surface area contributed by atoms with E-state index in [0.29, 0.717) is 6.04 Å². The van der Waals surface area contributed by atoms with Crippen LogP contribution >= 0.6 is 27.3 Å². The molecule has 1 aliphatic rings. The first-order valence-corrected chi connectivity index (χ1v) is 8.47. The van der Waals surface area contributed by atoms with Gasteiger partial charge >= 0.3 is 0 Å². The Kier molecular flexibility index (Phi) is 5.42. The average molecular weight is 345 g/mol. The third-order valence-electron chi connectivity index (χ3n) is 3.75. The first-order chi connectivity index (χ1) is 9.11. The molecule has 3 nitrogen and oxygen atoms in total. The van der Waals surface area contributed by atoms with Crippen LogP contribution < -0.4 is 0 Å². The Labute approximate surface area is 127 Å². The van der Waals surface area contributed by atoms with Crippen molar-refractivity contribution >= 4 is 33.2 Å². The van der Waals surface area contributed by atoms with Crippen molar-refractivity contribution in [1.82, 2.24) is 9.80 Å². The van der Waals surface area contributed by atoms with Gasteiger partial charge in [-0.15, -0.1) is 11.3 Å². The van der Waals surface area contributed by atoms with Gasteiger partial charge in [0.05, 0.1) is 8.66 Å². The average Bonchev–Trinajstić information content (AvgIpc) is 2.85. The number of rotatable bonds is 4. The molecule has 1 aromatic rings. The number of nitrogens with zero attached hydrogens (tertiary/aromatic N) is 2. The number of piperidine rings is 1. The van der Waals surface area contributed by atoms with Crippen LogP contribution in [0.15, 0.2) is 15.9 Å². The molecule has 1 aromatic heterocycles. The highest BCUT2D eigenvalue weighted by molar-refractivity contribution is 9.11. The van der Waals surface area contributed by atoms with E-state index < -0.39 is 0 Å². The molecule has 106 valence electrons. The number of hydrogen-bond acceptors (Lipinski definition) is 3. The Hall–Kier alpha value is -0.390. The second-order valence-corrected chi connectivity index (χ2v) is 7.56. The maximum atomic E-state index is 12.4. The summed E-state index contributed by atoms with van der Waals surface area (Å²) >= 11 is 4.92. The van der Waals surface area contributed by atoms with E-state index in [1.54, 1.807) is 0 Å². The molecule has 0 atom stereocenters. The lowest BCUT2D eigenvalue weighted by molar-refractivity contribution is 0.0647. The third-order valence-corrected chi connectivity index (χ3v) is 5.36. The van der Waals surface area contributed by atoms with Crippen molar-refractivity contribution in [2.24, 2.45) is 0 Å². The second-order valence-electron chi connectivity index (χ2n) is 5.09. The van der Waals surface area contributed by atoms with Gasteiger partial charge in [0.1, 0.15) is 0 Å². The summed E-state index contributed by atoms with van der Waals surface area (Å²) in [7, 11) is 1.94. The minimum atomic E-state index is 0.157. The number of thiophene rings is 1. The van der Waals surface area contributed by atoms with Crippen LogP contribution in [0.25, 0.3) is 0 Å². The monoisotopic (exact) mass is 344 g/mol. The maximum Gasteiger partial charge on any atom is 0.263 e. The molecule has 19 heavy (non-hydrogen) atoms. The predicted octanol–water partition coefficient (Wildman–Crippen LogP) is 3.46. The molecule has 0 aliphatic carbocycles. The van der Waals surface area contributed by atoms with Crippen LogP contribution in [0.4, 0.5) is 0 Å². The van der Waals surface area contributed by atoms with Gasteiger partial charge in [-0.25, -0.2) is 0 Å². The Balaban J connectivity index is 1.90. The summed E-state index contributed by atoms with van der Waals surface area (Å²) in [6.45, 7) is 5.63. The highest BCUT2D eigenvalue weighted by Crippen LogP contribution is 2.25. The van der Waals surface area contributed by atoms with Crippen LogP contribution in [-0.4, -0.2) is 48.4 Å². The standard InChI is InChI=1S/C14H21BrN2OS/c1-3-8-17-9-6-11(7-10-17)16(2)14(18)12-4-5-13(15)19-12/h4-5,11H,3,6-10H2,1-2H3. The van der Waals surface area contributed by atoms with Crippen molar-refractivity contribution in [3.8, 4) is 0 Å². The Morgan fingerprint density at radius 1 is 1.47 bits per heavy atom. The fourth-order valence-corrected chi connectivity index (χ4v) is 3.98. The van der Waals surface area contributed by atoms with Gasteiger partial charge in [0, 0.05) is 26.2 Å². The molecule has 0 radical (unpaired) electrons. The van der Waals surface area contributed by atoms with E-state index in [0.717, 1.165) is 34.6 Å². The molecular weight excluding hydrogens is 324 g/mol. The number of likely N-dealkylation sites (tertiary alicyclic amines) is 1. The highest BCUT2D eigenvalue weighted by atomic mass is 79.9. The zero-order chi connectivity index (χ0) is 13.8. The van der Waals surface area contributed by atoms with Crippen molar-refractivity contribution in [2.45, 2.75) is 32.2 Å². The van der Waals surface area contributed by atoms with E-state index in [4.69, 9.17) is 0 Å². The summed E-state index contributed by atoms with van der Waals surface area (Å²) in [6.07, 6.45) is 3.40. The topological polar surface area (TPSA) is 23.6 Å². The summed E-state index contributed by atoms with van der Waals surface area (Å²) in [5.41, 5.74) is 0. The molecule has 2 heterocycles. The van der Waals surface area contributed by atoms with E-state index in [-0.39, 0.29) is 5.91 Å². The lowest BCUT2D eigenvalue weighted by atomic mass is 10.0. The highest BCUT2D eigenvalue weighted by Gasteiger charge is 2.26. The Bertz CT molecular complexity index is 427. The maximum absolute atomic E-state index is 12.4. The molecule has 1 amide bonds. The summed E-state index contributed by atoms with van der Waals surface area (Å²) in [4.78, 5) is 17.6. The molecule has 0 N–H and O–H groups in total. The summed E-state index contributed by atoms with van der Waals surface area (Å²) < 4.78 is 1.02. The largest absolute Gasteiger partial charge is 0.338 e. The van der Waals surface area contributed by atoms with Crippen LogP contribution in [0, 0.1) is 0 Å². The first kappa shape index (κ1) is 15.0. The quantitative estimate of drug-likeness (QED) is 0.834. The Morgan fingerprint density at radius 3 is 2.68 bits per heavy atom. The summed E-state index contributed by atoms with van der Waals surface area (Å²) in [5, 5.41) is 0. The van der Waals surface area contributed by atoms with Crippen molar-refractivity contribution in [3.05, 3.63) is 20.8 Å². The second kappa shape index (κ2) is 6.86.